The highest BCUT2D eigenvalue weighted by Crippen LogP contribution is 2.14. The Labute approximate surface area is 166 Å². The molecule has 3 rings (SSSR count). The maximum Gasteiger partial charge on any atom is 0.323 e. The van der Waals surface area contributed by atoms with E-state index < -0.39 is 0 Å². The number of amides is 2. The Morgan fingerprint density at radius 1 is 0.741 bits per heavy atom. The van der Waals surface area contributed by atoms with Crippen molar-refractivity contribution in [2.24, 2.45) is 0 Å². The van der Waals surface area contributed by atoms with Gasteiger partial charge in [0.1, 0.15) is 0 Å². The van der Waals surface area contributed by atoms with Crippen LogP contribution < -0.4 is 10.6 Å². The van der Waals surface area contributed by atoms with Crippen molar-refractivity contribution in [3.8, 4) is 0 Å². The lowest BCUT2D eigenvalue weighted by molar-refractivity contribution is 0.104. The van der Waals surface area contributed by atoms with Crippen molar-refractivity contribution in [2.75, 3.05) is 10.6 Å². The second kappa shape index (κ2) is 8.96. The van der Waals surface area contributed by atoms with Gasteiger partial charge in [-0.25, -0.2) is 4.79 Å². The predicted molar refractivity (Wildman–Crippen MR) is 113 cm³/mol. The van der Waals surface area contributed by atoms with Crippen LogP contribution in [-0.2, 0) is 0 Å². The summed E-state index contributed by atoms with van der Waals surface area (Å²) >= 11 is 3.38. The Kier molecular flexibility index (Phi) is 6.18. The molecular formula is C22H17BrN2O2. The Hall–Kier alpha value is -3.18. The highest BCUT2D eigenvalue weighted by molar-refractivity contribution is 9.10. The minimum Gasteiger partial charge on any atom is -0.308 e. The van der Waals surface area contributed by atoms with E-state index in [0.717, 1.165) is 10.0 Å². The van der Waals surface area contributed by atoms with E-state index >= 15 is 0 Å². The molecule has 27 heavy (non-hydrogen) atoms. The van der Waals surface area contributed by atoms with Gasteiger partial charge in [0.15, 0.2) is 5.78 Å². The summed E-state index contributed by atoms with van der Waals surface area (Å²) in [6, 6.07) is 23.3. The topological polar surface area (TPSA) is 58.2 Å². The van der Waals surface area contributed by atoms with Gasteiger partial charge in [0.25, 0.3) is 0 Å². The molecule has 3 aromatic rings. The minimum absolute atomic E-state index is 0.0989. The van der Waals surface area contributed by atoms with Gasteiger partial charge < -0.3 is 10.6 Å². The number of carbonyl (C=O) groups is 2. The van der Waals surface area contributed by atoms with Gasteiger partial charge in [0, 0.05) is 21.4 Å². The van der Waals surface area contributed by atoms with Gasteiger partial charge in [0.05, 0.1) is 0 Å². The summed E-state index contributed by atoms with van der Waals surface area (Å²) in [6.45, 7) is 0. The molecular weight excluding hydrogens is 404 g/mol. The molecule has 0 aromatic heterocycles. The fourth-order valence-corrected chi connectivity index (χ4v) is 2.64. The number of benzene rings is 3. The fourth-order valence-electron chi connectivity index (χ4n) is 2.37. The van der Waals surface area contributed by atoms with Gasteiger partial charge in [-0.2, -0.15) is 0 Å². The van der Waals surface area contributed by atoms with Crippen molar-refractivity contribution in [3.05, 3.63) is 101 Å². The molecule has 3 aromatic carbocycles. The highest BCUT2D eigenvalue weighted by Gasteiger charge is 2.05. The van der Waals surface area contributed by atoms with E-state index in [1.807, 2.05) is 42.5 Å². The van der Waals surface area contributed by atoms with E-state index in [2.05, 4.69) is 26.6 Å². The van der Waals surface area contributed by atoms with Gasteiger partial charge in [0.2, 0.25) is 0 Å². The fraction of sp³-hybridized carbons (Fsp3) is 0. The number of halogens is 1. The van der Waals surface area contributed by atoms with E-state index in [0.29, 0.717) is 16.9 Å². The lowest BCUT2D eigenvalue weighted by atomic mass is 10.1. The number of para-hydroxylation sites is 1. The molecule has 0 aliphatic heterocycles. The van der Waals surface area contributed by atoms with Crippen molar-refractivity contribution >= 4 is 45.2 Å². The Morgan fingerprint density at radius 2 is 1.33 bits per heavy atom. The van der Waals surface area contributed by atoms with Crippen molar-refractivity contribution in [3.63, 3.8) is 0 Å². The van der Waals surface area contributed by atoms with E-state index in [1.54, 1.807) is 42.5 Å². The van der Waals surface area contributed by atoms with Crippen LogP contribution in [0.15, 0.2) is 89.4 Å². The lowest BCUT2D eigenvalue weighted by Gasteiger charge is -2.07. The third kappa shape index (κ3) is 5.66. The number of anilines is 2. The zero-order chi connectivity index (χ0) is 19.1. The number of allylic oxidation sites excluding steroid dienone is 1. The summed E-state index contributed by atoms with van der Waals surface area (Å²) in [5.74, 6) is -0.0989. The second-order valence-electron chi connectivity index (χ2n) is 5.77. The van der Waals surface area contributed by atoms with Crippen molar-refractivity contribution < 1.29 is 9.59 Å². The van der Waals surface area contributed by atoms with Gasteiger partial charge >= 0.3 is 6.03 Å². The van der Waals surface area contributed by atoms with E-state index in [4.69, 9.17) is 0 Å². The molecule has 0 unspecified atom stereocenters. The van der Waals surface area contributed by atoms with Crippen LogP contribution in [0.4, 0.5) is 16.2 Å². The predicted octanol–water partition coefficient (Wildman–Crippen LogP) is 5.99. The van der Waals surface area contributed by atoms with Crippen LogP contribution >= 0.6 is 15.9 Å². The third-order valence-electron chi connectivity index (χ3n) is 3.76. The summed E-state index contributed by atoms with van der Waals surface area (Å²) < 4.78 is 0.991. The van der Waals surface area contributed by atoms with E-state index in [-0.39, 0.29) is 11.8 Å². The molecule has 2 N–H and O–H groups in total. The van der Waals surface area contributed by atoms with Gasteiger partial charge in [-0.1, -0.05) is 52.3 Å². The number of ketones is 1. The number of hydrogen-bond acceptors (Lipinski definition) is 2. The van der Waals surface area contributed by atoms with Crippen LogP contribution in [0, 0.1) is 0 Å². The highest BCUT2D eigenvalue weighted by atomic mass is 79.9. The normalized spacial score (nSPS) is 10.6. The Balaban J connectivity index is 1.58. The molecule has 0 atom stereocenters. The van der Waals surface area contributed by atoms with Gasteiger partial charge in [-0.3, -0.25) is 4.79 Å². The zero-order valence-electron chi connectivity index (χ0n) is 14.4. The third-order valence-corrected chi connectivity index (χ3v) is 4.28. The first-order valence-corrected chi connectivity index (χ1v) is 9.10. The Morgan fingerprint density at radius 3 is 1.96 bits per heavy atom. The maximum atomic E-state index is 12.3. The molecule has 2 amide bonds. The van der Waals surface area contributed by atoms with Gasteiger partial charge in [-0.05, 0) is 60.2 Å². The first-order chi connectivity index (χ1) is 13.1. The van der Waals surface area contributed by atoms with Crippen LogP contribution in [0.5, 0.6) is 0 Å². The molecule has 4 nitrogen and oxygen atoms in total. The van der Waals surface area contributed by atoms with Crippen LogP contribution in [-0.4, -0.2) is 11.8 Å². The van der Waals surface area contributed by atoms with Crippen molar-refractivity contribution in [1.82, 2.24) is 0 Å². The SMILES string of the molecule is O=C(Nc1ccccc1)Nc1ccc(C(=O)/C=C/c2ccc(Br)cc2)cc1. The number of rotatable bonds is 5. The first-order valence-electron chi connectivity index (χ1n) is 8.31. The zero-order valence-corrected chi connectivity index (χ0v) is 15.9. The molecule has 0 saturated heterocycles. The van der Waals surface area contributed by atoms with E-state index in [1.165, 1.54) is 6.08 Å². The average molecular weight is 421 g/mol. The summed E-state index contributed by atoms with van der Waals surface area (Å²) in [5, 5.41) is 5.47. The maximum absolute atomic E-state index is 12.3. The summed E-state index contributed by atoms with van der Waals surface area (Å²) in [4.78, 5) is 24.2. The molecule has 0 fully saturated rings. The summed E-state index contributed by atoms with van der Waals surface area (Å²) in [6.07, 6.45) is 3.31. The number of nitrogens with one attached hydrogen (secondary N) is 2. The second-order valence-corrected chi connectivity index (χ2v) is 6.69. The molecule has 5 heteroatoms. The standard InChI is InChI=1S/C22H17BrN2O2/c23-18-11-6-16(7-12-18)8-15-21(26)17-9-13-20(14-10-17)25-22(27)24-19-4-2-1-3-5-19/h1-15H,(H2,24,25,27)/b15-8+. The average Bonchev–Trinajstić information content (AvgIpc) is 2.68. The van der Waals surface area contributed by atoms with Crippen molar-refractivity contribution in [2.45, 2.75) is 0 Å². The van der Waals surface area contributed by atoms with Gasteiger partial charge in [-0.15, -0.1) is 0 Å². The molecule has 0 bridgehead atoms. The largest absolute Gasteiger partial charge is 0.323 e. The van der Waals surface area contributed by atoms with Crippen LogP contribution in [0.2, 0.25) is 0 Å². The lowest BCUT2D eigenvalue weighted by Crippen LogP contribution is -2.19. The molecule has 0 heterocycles. The van der Waals surface area contributed by atoms with Crippen LogP contribution in [0.3, 0.4) is 0 Å². The first kappa shape index (κ1) is 18.6. The number of urea groups is 1. The number of hydrogen-bond donors (Lipinski definition) is 2. The minimum atomic E-state index is -0.338. The van der Waals surface area contributed by atoms with Crippen molar-refractivity contribution in [1.29, 1.82) is 0 Å². The number of carbonyl (C=O) groups excluding carboxylic acids is 2. The molecule has 0 spiro atoms. The molecule has 0 aliphatic carbocycles. The summed E-state index contributed by atoms with van der Waals surface area (Å²) in [5.41, 5.74) is 2.82. The van der Waals surface area contributed by atoms with Crippen LogP contribution in [0.1, 0.15) is 15.9 Å². The Bertz CT molecular complexity index is 950. The summed E-state index contributed by atoms with van der Waals surface area (Å²) in [7, 11) is 0. The quantitative estimate of drug-likeness (QED) is 0.393. The van der Waals surface area contributed by atoms with Crippen LogP contribution in [0.25, 0.3) is 6.08 Å². The monoisotopic (exact) mass is 420 g/mol. The molecule has 0 aliphatic rings. The smallest absolute Gasteiger partial charge is 0.308 e. The van der Waals surface area contributed by atoms with E-state index in [9.17, 15) is 9.59 Å². The molecule has 134 valence electrons. The molecule has 0 saturated carbocycles. The molecule has 0 radical (unpaired) electrons.